The Morgan fingerprint density at radius 2 is 1.80 bits per heavy atom. The SMILES string of the molecule is CC(C)(C)C1OB(c2ccccc2Cl)O1. The second-order valence-electron chi connectivity index (χ2n) is 4.82. The van der Waals surface area contributed by atoms with Gasteiger partial charge in [-0.25, -0.2) is 0 Å². The zero-order valence-corrected chi connectivity index (χ0v) is 9.91. The average Bonchev–Trinajstić information content (AvgIpc) is 2.03. The number of hydrogen-bond donors (Lipinski definition) is 0. The zero-order chi connectivity index (χ0) is 11.1. The van der Waals surface area contributed by atoms with E-state index >= 15 is 0 Å². The van der Waals surface area contributed by atoms with E-state index in [4.69, 9.17) is 20.9 Å². The number of rotatable bonds is 1. The lowest BCUT2D eigenvalue weighted by Crippen LogP contribution is -2.57. The van der Waals surface area contributed by atoms with Gasteiger partial charge in [-0.15, -0.1) is 0 Å². The van der Waals surface area contributed by atoms with E-state index in [2.05, 4.69) is 20.8 Å². The van der Waals surface area contributed by atoms with Gasteiger partial charge in [-0.05, 0) is 6.07 Å². The molecule has 0 radical (unpaired) electrons. The molecule has 1 aromatic rings. The molecule has 0 bridgehead atoms. The van der Waals surface area contributed by atoms with Crippen LogP contribution in [-0.4, -0.2) is 13.4 Å². The average molecular weight is 224 g/mol. The van der Waals surface area contributed by atoms with Crippen LogP contribution in [-0.2, 0) is 9.31 Å². The van der Waals surface area contributed by atoms with Gasteiger partial charge in [-0.2, -0.15) is 0 Å². The van der Waals surface area contributed by atoms with Gasteiger partial charge < -0.3 is 9.31 Å². The summed E-state index contributed by atoms with van der Waals surface area (Å²) >= 11 is 6.03. The fourth-order valence-corrected chi connectivity index (χ4v) is 1.68. The molecular formula is C11H14BClO2. The second-order valence-corrected chi connectivity index (χ2v) is 5.23. The summed E-state index contributed by atoms with van der Waals surface area (Å²) in [5.41, 5.74) is 0.914. The lowest BCUT2D eigenvalue weighted by molar-refractivity contribution is -0.167. The summed E-state index contributed by atoms with van der Waals surface area (Å²) in [7, 11) is -0.303. The molecule has 1 fully saturated rings. The van der Waals surface area contributed by atoms with Gasteiger partial charge in [-0.3, -0.25) is 0 Å². The van der Waals surface area contributed by atoms with Gasteiger partial charge in [0.2, 0.25) is 0 Å². The van der Waals surface area contributed by atoms with E-state index in [0.29, 0.717) is 5.02 Å². The molecule has 1 aliphatic heterocycles. The predicted octanol–water partition coefficient (Wildman–Crippen LogP) is 2.45. The first-order chi connectivity index (χ1) is 6.98. The zero-order valence-electron chi connectivity index (χ0n) is 9.16. The van der Waals surface area contributed by atoms with Crippen molar-refractivity contribution in [1.82, 2.24) is 0 Å². The molecule has 0 saturated carbocycles. The number of halogens is 1. The third-order valence-electron chi connectivity index (χ3n) is 2.36. The molecule has 0 aromatic heterocycles. The lowest BCUT2D eigenvalue weighted by atomic mass is 9.74. The van der Waals surface area contributed by atoms with Gasteiger partial charge in [0.25, 0.3) is 0 Å². The Kier molecular flexibility index (Phi) is 2.80. The lowest BCUT2D eigenvalue weighted by Gasteiger charge is -2.42. The van der Waals surface area contributed by atoms with Crippen LogP contribution in [0.3, 0.4) is 0 Å². The van der Waals surface area contributed by atoms with Gasteiger partial charge in [0, 0.05) is 15.9 Å². The minimum atomic E-state index is -0.303. The molecule has 4 heteroatoms. The van der Waals surface area contributed by atoms with Crippen molar-refractivity contribution >= 4 is 24.2 Å². The Hall–Kier alpha value is -0.505. The summed E-state index contributed by atoms with van der Waals surface area (Å²) in [4.78, 5) is 0. The van der Waals surface area contributed by atoms with E-state index in [1.807, 2.05) is 24.3 Å². The monoisotopic (exact) mass is 224 g/mol. The maximum Gasteiger partial charge on any atom is 0.499 e. The van der Waals surface area contributed by atoms with Gasteiger partial charge in [-0.1, -0.05) is 50.6 Å². The van der Waals surface area contributed by atoms with E-state index in [1.165, 1.54) is 0 Å². The second kappa shape index (κ2) is 3.82. The topological polar surface area (TPSA) is 18.5 Å². The summed E-state index contributed by atoms with van der Waals surface area (Å²) in [5, 5.41) is 0.690. The van der Waals surface area contributed by atoms with Crippen molar-refractivity contribution in [1.29, 1.82) is 0 Å². The fraction of sp³-hybridized carbons (Fsp3) is 0.455. The summed E-state index contributed by atoms with van der Waals surface area (Å²) in [6, 6.07) is 7.59. The maximum atomic E-state index is 6.03. The van der Waals surface area contributed by atoms with Crippen molar-refractivity contribution in [2.24, 2.45) is 5.41 Å². The Morgan fingerprint density at radius 3 is 2.33 bits per heavy atom. The minimum Gasteiger partial charge on any atom is -0.382 e. The van der Waals surface area contributed by atoms with Crippen molar-refractivity contribution in [2.75, 3.05) is 0 Å². The van der Waals surface area contributed by atoms with Crippen LogP contribution in [0.15, 0.2) is 24.3 Å². The highest BCUT2D eigenvalue weighted by Gasteiger charge is 2.44. The van der Waals surface area contributed by atoms with Crippen LogP contribution >= 0.6 is 11.6 Å². The maximum absolute atomic E-state index is 6.03. The van der Waals surface area contributed by atoms with Crippen LogP contribution in [0.2, 0.25) is 5.02 Å². The van der Waals surface area contributed by atoms with Crippen molar-refractivity contribution < 1.29 is 9.31 Å². The highest BCUT2D eigenvalue weighted by Crippen LogP contribution is 2.31. The fourth-order valence-electron chi connectivity index (χ4n) is 1.46. The molecule has 0 amide bonds. The van der Waals surface area contributed by atoms with E-state index in [1.54, 1.807) is 0 Å². The van der Waals surface area contributed by atoms with E-state index in [-0.39, 0.29) is 18.8 Å². The van der Waals surface area contributed by atoms with E-state index in [9.17, 15) is 0 Å². The molecule has 80 valence electrons. The van der Waals surface area contributed by atoms with Crippen molar-refractivity contribution in [2.45, 2.75) is 27.1 Å². The first kappa shape index (κ1) is 11.0. The third kappa shape index (κ3) is 2.20. The summed E-state index contributed by atoms with van der Waals surface area (Å²) in [6.07, 6.45) is -0.140. The standard InChI is InChI=1S/C11H14BClO2/c1-11(2,3)10-14-12(15-10)8-6-4-5-7-9(8)13/h4-7,10H,1-3H3. The Balaban J connectivity index is 2.04. The van der Waals surface area contributed by atoms with Gasteiger partial charge >= 0.3 is 7.12 Å². The molecule has 0 aliphatic carbocycles. The summed E-state index contributed by atoms with van der Waals surface area (Å²) in [6.45, 7) is 6.25. The summed E-state index contributed by atoms with van der Waals surface area (Å²) in [5.74, 6) is 0. The largest absolute Gasteiger partial charge is 0.499 e. The van der Waals surface area contributed by atoms with Crippen LogP contribution in [0, 0.1) is 5.41 Å². The van der Waals surface area contributed by atoms with Gasteiger partial charge in [0.15, 0.2) is 0 Å². The molecule has 0 spiro atoms. The van der Waals surface area contributed by atoms with Gasteiger partial charge in [0.1, 0.15) is 6.29 Å². The summed E-state index contributed by atoms with van der Waals surface area (Å²) < 4.78 is 11.3. The van der Waals surface area contributed by atoms with Crippen LogP contribution in [0.4, 0.5) is 0 Å². The first-order valence-electron chi connectivity index (χ1n) is 5.04. The molecule has 1 aromatic carbocycles. The highest BCUT2D eigenvalue weighted by molar-refractivity contribution is 6.66. The van der Waals surface area contributed by atoms with Crippen LogP contribution in [0.5, 0.6) is 0 Å². The van der Waals surface area contributed by atoms with Crippen molar-refractivity contribution in [3.05, 3.63) is 29.3 Å². The molecule has 0 N–H and O–H groups in total. The molecule has 0 unspecified atom stereocenters. The van der Waals surface area contributed by atoms with E-state index < -0.39 is 0 Å². The van der Waals surface area contributed by atoms with Gasteiger partial charge in [0.05, 0.1) is 0 Å². The predicted molar refractivity (Wildman–Crippen MR) is 62.3 cm³/mol. The number of benzene rings is 1. The van der Waals surface area contributed by atoms with Crippen LogP contribution in [0.1, 0.15) is 20.8 Å². The Morgan fingerprint density at radius 1 is 1.20 bits per heavy atom. The Bertz CT molecular complexity index is 356. The minimum absolute atomic E-state index is 0.0117. The normalized spacial score (nSPS) is 17.7. The third-order valence-corrected chi connectivity index (χ3v) is 2.70. The molecule has 0 atom stereocenters. The molecule has 1 saturated heterocycles. The van der Waals surface area contributed by atoms with Crippen molar-refractivity contribution in [3.63, 3.8) is 0 Å². The first-order valence-corrected chi connectivity index (χ1v) is 5.41. The van der Waals surface area contributed by atoms with E-state index in [0.717, 1.165) is 5.46 Å². The quantitative estimate of drug-likeness (QED) is 0.682. The molecular weight excluding hydrogens is 210 g/mol. The van der Waals surface area contributed by atoms with Crippen LogP contribution in [0.25, 0.3) is 0 Å². The Labute approximate surface area is 95.7 Å². The molecule has 15 heavy (non-hydrogen) atoms. The highest BCUT2D eigenvalue weighted by atomic mass is 35.5. The number of hydrogen-bond acceptors (Lipinski definition) is 2. The van der Waals surface area contributed by atoms with Crippen LogP contribution < -0.4 is 5.46 Å². The molecule has 1 aliphatic rings. The molecule has 2 rings (SSSR count). The molecule has 2 nitrogen and oxygen atoms in total. The molecule has 1 heterocycles. The smallest absolute Gasteiger partial charge is 0.382 e. The van der Waals surface area contributed by atoms with Crippen molar-refractivity contribution in [3.8, 4) is 0 Å².